The summed E-state index contributed by atoms with van der Waals surface area (Å²) in [4.78, 5) is 36.7. The van der Waals surface area contributed by atoms with E-state index in [9.17, 15) is 14.4 Å². The number of thioether (sulfide) groups is 1. The molecule has 0 aliphatic carbocycles. The maximum atomic E-state index is 11.9. The third-order valence-electron chi connectivity index (χ3n) is 2.85. The van der Waals surface area contributed by atoms with E-state index in [4.69, 9.17) is 0 Å². The van der Waals surface area contributed by atoms with Gasteiger partial charge in [0.2, 0.25) is 0 Å². The molecular formula is C11H7BrN2O3S. The second kappa shape index (κ2) is 4.10. The van der Waals surface area contributed by atoms with E-state index in [1.54, 1.807) is 24.3 Å². The zero-order chi connectivity index (χ0) is 12.9. The summed E-state index contributed by atoms with van der Waals surface area (Å²) < 4.78 is -0.606. The maximum Gasteiger partial charge on any atom is 0.290 e. The average Bonchev–Trinajstić information content (AvgIpc) is 2.77. The van der Waals surface area contributed by atoms with E-state index in [2.05, 4.69) is 21.2 Å². The van der Waals surface area contributed by atoms with Gasteiger partial charge in [-0.3, -0.25) is 19.3 Å². The fourth-order valence-electron chi connectivity index (χ4n) is 2.08. The third-order valence-corrected chi connectivity index (χ3v) is 4.61. The predicted molar refractivity (Wildman–Crippen MR) is 70.4 cm³/mol. The zero-order valence-corrected chi connectivity index (χ0v) is 11.3. The topological polar surface area (TPSA) is 66.5 Å². The van der Waals surface area contributed by atoms with Crippen molar-refractivity contribution in [2.75, 3.05) is 5.32 Å². The van der Waals surface area contributed by atoms with Crippen LogP contribution in [0.15, 0.2) is 24.3 Å². The first kappa shape index (κ1) is 11.7. The van der Waals surface area contributed by atoms with Crippen LogP contribution in [0.5, 0.6) is 0 Å². The van der Waals surface area contributed by atoms with Crippen LogP contribution in [0.25, 0.3) is 0 Å². The summed E-state index contributed by atoms with van der Waals surface area (Å²) in [5.74, 6) is -0.734. The van der Waals surface area contributed by atoms with Crippen LogP contribution >= 0.6 is 27.7 Å². The Morgan fingerprint density at radius 2 is 1.94 bits per heavy atom. The number of rotatable bonds is 1. The Morgan fingerprint density at radius 3 is 2.61 bits per heavy atom. The van der Waals surface area contributed by atoms with Gasteiger partial charge in [-0.2, -0.15) is 0 Å². The highest BCUT2D eigenvalue weighted by atomic mass is 79.9. The van der Waals surface area contributed by atoms with Crippen molar-refractivity contribution in [3.63, 3.8) is 0 Å². The number of para-hydroxylation sites is 1. The molecule has 1 saturated heterocycles. The van der Waals surface area contributed by atoms with Crippen molar-refractivity contribution in [3.8, 4) is 0 Å². The van der Waals surface area contributed by atoms with Crippen LogP contribution in [0.3, 0.4) is 0 Å². The Bertz CT molecular complexity index is 577. The Hall–Kier alpha value is -1.34. The van der Waals surface area contributed by atoms with Crippen LogP contribution in [0.4, 0.5) is 10.5 Å². The number of nitrogens with zero attached hydrogens (tertiary/aromatic N) is 1. The highest BCUT2D eigenvalue weighted by Crippen LogP contribution is 2.41. The number of carbonyl (C=O) groups excluding carboxylic acids is 3. The highest BCUT2D eigenvalue weighted by molar-refractivity contribution is 9.12. The number of halogens is 1. The summed E-state index contributed by atoms with van der Waals surface area (Å²) in [6, 6.07) is 6.20. The minimum absolute atomic E-state index is 0.347. The fourth-order valence-corrected chi connectivity index (χ4v) is 3.48. The van der Waals surface area contributed by atoms with E-state index in [1.165, 1.54) is 0 Å². The number of benzene rings is 1. The summed E-state index contributed by atoms with van der Waals surface area (Å²) in [5.41, 5.74) is 1.31. The SMILES string of the molecule is O=C1Nc2ccccc2C1N1C(=O)SC(Br)C1=O. The van der Waals surface area contributed by atoms with E-state index in [0.29, 0.717) is 11.3 Å². The molecule has 1 aromatic carbocycles. The molecule has 0 bridgehead atoms. The molecule has 0 spiro atoms. The van der Waals surface area contributed by atoms with Gasteiger partial charge in [-0.25, -0.2) is 0 Å². The molecule has 0 aromatic heterocycles. The molecule has 0 saturated carbocycles. The summed E-state index contributed by atoms with van der Waals surface area (Å²) in [7, 11) is 0. The first-order chi connectivity index (χ1) is 8.59. The summed E-state index contributed by atoms with van der Waals surface area (Å²) in [6.45, 7) is 0. The summed E-state index contributed by atoms with van der Waals surface area (Å²) in [6.07, 6.45) is 0. The molecular weight excluding hydrogens is 320 g/mol. The quantitative estimate of drug-likeness (QED) is 0.802. The highest BCUT2D eigenvalue weighted by Gasteiger charge is 2.48. The Labute approximate surface area is 115 Å². The van der Waals surface area contributed by atoms with Gasteiger partial charge in [0.25, 0.3) is 17.1 Å². The number of nitrogens with one attached hydrogen (secondary N) is 1. The predicted octanol–water partition coefficient (Wildman–Crippen LogP) is 2.10. The van der Waals surface area contributed by atoms with Gasteiger partial charge < -0.3 is 5.32 Å². The largest absolute Gasteiger partial charge is 0.324 e. The molecule has 7 heteroatoms. The molecule has 18 heavy (non-hydrogen) atoms. The number of amides is 3. The summed E-state index contributed by atoms with van der Waals surface area (Å²) in [5, 5.41) is 2.27. The van der Waals surface area contributed by atoms with Crippen LogP contribution in [0.2, 0.25) is 0 Å². The van der Waals surface area contributed by atoms with Crippen molar-refractivity contribution in [2.45, 2.75) is 10.2 Å². The number of anilines is 1. The standard InChI is InChI=1S/C11H7BrN2O3S/c12-8-10(16)14(11(17)18-8)7-5-3-1-2-4-6(5)13-9(7)15/h1-4,7-8H,(H,13,15). The molecule has 2 atom stereocenters. The van der Waals surface area contributed by atoms with E-state index < -0.39 is 15.4 Å². The minimum Gasteiger partial charge on any atom is -0.324 e. The average molecular weight is 327 g/mol. The van der Waals surface area contributed by atoms with E-state index >= 15 is 0 Å². The molecule has 1 N–H and O–H groups in total. The van der Waals surface area contributed by atoms with Gasteiger partial charge in [-0.05, 0) is 17.8 Å². The van der Waals surface area contributed by atoms with Crippen molar-refractivity contribution in [1.82, 2.24) is 4.90 Å². The lowest BCUT2D eigenvalue weighted by Gasteiger charge is -2.19. The smallest absolute Gasteiger partial charge is 0.290 e. The van der Waals surface area contributed by atoms with E-state index in [0.717, 1.165) is 16.7 Å². The number of hydrogen-bond acceptors (Lipinski definition) is 4. The zero-order valence-electron chi connectivity index (χ0n) is 8.92. The molecule has 0 radical (unpaired) electrons. The van der Waals surface area contributed by atoms with Crippen LogP contribution in [-0.4, -0.2) is 26.1 Å². The van der Waals surface area contributed by atoms with Crippen LogP contribution in [0, 0.1) is 0 Å². The molecule has 5 nitrogen and oxygen atoms in total. The lowest BCUT2D eigenvalue weighted by atomic mass is 10.1. The van der Waals surface area contributed by atoms with E-state index in [-0.39, 0.29) is 11.8 Å². The van der Waals surface area contributed by atoms with Crippen molar-refractivity contribution in [1.29, 1.82) is 0 Å². The number of hydrogen-bond donors (Lipinski definition) is 1. The Morgan fingerprint density at radius 1 is 1.22 bits per heavy atom. The minimum atomic E-state index is -0.851. The van der Waals surface area contributed by atoms with Gasteiger partial charge in [0.1, 0.15) is 10.2 Å². The number of imide groups is 1. The summed E-state index contributed by atoms with van der Waals surface area (Å²) >= 11 is 3.98. The lowest BCUT2D eigenvalue weighted by Crippen LogP contribution is -2.37. The van der Waals surface area contributed by atoms with Gasteiger partial charge in [0, 0.05) is 11.3 Å². The monoisotopic (exact) mass is 326 g/mol. The molecule has 2 aliphatic rings. The Kier molecular flexibility index (Phi) is 2.67. The molecule has 3 rings (SSSR count). The number of carbonyl (C=O) groups is 3. The molecule has 2 unspecified atom stereocenters. The first-order valence-electron chi connectivity index (χ1n) is 5.17. The van der Waals surface area contributed by atoms with Gasteiger partial charge >= 0.3 is 0 Å². The van der Waals surface area contributed by atoms with E-state index in [1.807, 2.05) is 0 Å². The van der Waals surface area contributed by atoms with Gasteiger partial charge in [-0.1, -0.05) is 34.1 Å². The molecule has 2 aliphatic heterocycles. The second-order valence-electron chi connectivity index (χ2n) is 3.89. The van der Waals surface area contributed by atoms with Crippen molar-refractivity contribution < 1.29 is 14.4 Å². The van der Waals surface area contributed by atoms with Gasteiger partial charge in [-0.15, -0.1) is 0 Å². The Balaban J connectivity index is 2.05. The third kappa shape index (κ3) is 1.58. The van der Waals surface area contributed by atoms with Crippen LogP contribution in [0.1, 0.15) is 11.6 Å². The van der Waals surface area contributed by atoms with Gasteiger partial charge in [0.05, 0.1) is 0 Å². The molecule has 3 amide bonds. The van der Waals surface area contributed by atoms with Crippen LogP contribution in [-0.2, 0) is 9.59 Å². The van der Waals surface area contributed by atoms with Gasteiger partial charge in [0.15, 0.2) is 0 Å². The molecule has 2 heterocycles. The lowest BCUT2D eigenvalue weighted by molar-refractivity contribution is -0.132. The van der Waals surface area contributed by atoms with Crippen molar-refractivity contribution in [2.24, 2.45) is 0 Å². The molecule has 92 valence electrons. The first-order valence-corrected chi connectivity index (χ1v) is 6.96. The van der Waals surface area contributed by atoms with Crippen LogP contribution < -0.4 is 5.32 Å². The van der Waals surface area contributed by atoms with Crippen molar-refractivity contribution in [3.05, 3.63) is 29.8 Å². The number of fused-ring (bicyclic) bond motifs is 1. The fraction of sp³-hybridized carbons (Fsp3) is 0.182. The number of alkyl halides is 1. The molecule has 1 fully saturated rings. The maximum absolute atomic E-state index is 11.9. The second-order valence-corrected chi connectivity index (χ2v) is 6.47. The normalized spacial score (nSPS) is 26.5. The van der Waals surface area contributed by atoms with Crippen molar-refractivity contribution >= 4 is 50.4 Å². The molecule has 1 aromatic rings.